The molecule has 0 radical (unpaired) electrons. The van der Waals surface area contributed by atoms with Gasteiger partial charge in [-0.05, 0) is 43.3 Å². The van der Waals surface area contributed by atoms with Gasteiger partial charge in [0.2, 0.25) is 5.91 Å². The molecule has 40 heavy (non-hydrogen) atoms. The maximum atomic E-state index is 14.4. The minimum absolute atomic E-state index is 0.0606. The molecule has 0 saturated heterocycles. The number of ether oxygens (including phenoxy) is 1. The van der Waals surface area contributed by atoms with Crippen molar-refractivity contribution in [2.45, 2.75) is 18.9 Å². The van der Waals surface area contributed by atoms with Crippen LogP contribution in [0.25, 0.3) is 22.4 Å². The van der Waals surface area contributed by atoms with Crippen molar-refractivity contribution < 1.29 is 18.7 Å². The summed E-state index contributed by atoms with van der Waals surface area (Å²) in [5.74, 6) is -0.848. The van der Waals surface area contributed by atoms with Crippen LogP contribution in [0, 0.1) is 5.82 Å². The van der Waals surface area contributed by atoms with Gasteiger partial charge in [0, 0.05) is 22.2 Å². The van der Waals surface area contributed by atoms with Crippen LogP contribution in [-0.2, 0) is 21.5 Å². The number of nitrogens with zero attached hydrogens (tertiary/aromatic N) is 5. The van der Waals surface area contributed by atoms with Gasteiger partial charge in [-0.3, -0.25) is 14.5 Å². The van der Waals surface area contributed by atoms with E-state index in [-0.39, 0.29) is 35.4 Å². The van der Waals surface area contributed by atoms with Crippen LogP contribution in [0.2, 0.25) is 5.02 Å². The summed E-state index contributed by atoms with van der Waals surface area (Å²) >= 11 is 6.28. The number of aromatic nitrogens is 5. The molecule has 1 atom stereocenters. The van der Waals surface area contributed by atoms with Gasteiger partial charge in [-0.1, -0.05) is 29.8 Å². The number of anilines is 2. The molecule has 5 aromatic rings. The third-order valence-corrected chi connectivity index (χ3v) is 7.26. The van der Waals surface area contributed by atoms with E-state index >= 15 is 0 Å². The number of methoxy groups -OCH3 is 1. The molecule has 2 aromatic carbocycles. The average molecular weight is 558 g/mol. The molecule has 1 aliphatic heterocycles. The number of benzene rings is 2. The van der Waals surface area contributed by atoms with E-state index in [4.69, 9.17) is 27.2 Å². The second-order valence-corrected chi connectivity index (χ2v) is 9.85. The third kappa shape index (κ3) is 3.93. The Kier molecular flexibility index (Phi) is 5.95. The molecule has 1 unspecified atom stereocenters. The monoisotopic (exact) mass is 557 g/mol. The largest absolute Gasteiger partial charge is 0.465 e. The SMILES string of the molecule is COC(=O)c1ccc(C2(C)C(=O)Nc3nc(-c4nn(Cc5ccccc5F)c5cc(Cl)ccc45)nc(N)c32)nc1. The Bertz CT molecular complexity index is 1840. The van der Waals surface area contributed by atoms with Crippen LogP contribution < -0.4 is 11.1 Å². The topological polar surface area (TPSA) is 138 Å². The zero-order chi connectivity index (χ0) is 28.2. The molecule has 10 nitrogen and oxygen atoms in total. The minimum atomic E-state index is -1.31. The molecule has 0 fully saturated rings. The number of pyridine rings is 1. The second-order valence-electron chi connectivity index (χ2n) is 9.42. The summed E-state index contributed by atoms with van der Waals surface area (Å²) in [6, 6.07) is 14.7. The van der Waals surface area contributed by atoms with E-state index < -0.39 is 17.3 Å². The van der Waals surface area contributed by atoms with E-state index in [2.05, 4.69) is 20.3 Å². The van der Waals surface area contributed by atoms with Gasteiger partial charge in [-0.2, -0.15) is 5.10 Å². The van der Waals surface area contributed by atoms with E-state index in [1.165, 1.54) is 25.4 Å². The first-order chi connectivity index (χ1) is 19.2. The van der Waals surface area contributed by atoms with Crippen molar-refractivity contribution >= 4 is 46.0 Å². The van der Waals surface area contributed by atoms with Gasteiger partial charge >= 0.3 is 5.97 Å². The number of amides is 1. The number of esters is 1. The minimum Gasteiger partial charge on any atom is -0.465 e. The molecular weight excluding hydrogens is 537 g/mol. The third-order valence-electron chi connectivity index (χ3n) is 7.02. The number of halogens is 2. The summed E-state index contributed by atoms with van der Waals surface area (Å²) in [6.45, 7) is 1.81. The molecule has 3 N–H and O–H groups in total. The molecule has 3 aromatic heterocycles. The number of fused-ring (bicyclic) bond motifs is 2. The summed E-state index contributed by atoms with van der Waals surface area (Å²) in [4.78, 5) is 38.6. The fraction of sp³-hybridized carbons (Fsp3) is 0.143. The molecule has 200 valence electrons. The maximum Gasteiger partial charge on any atom is 0.339 e. The van der Waals surface area contributed by atoms with Crippen molar-refractivity contribution in [3.05, 3.63) is 94.0 Å². The highest BCUT2D eigenvalue weighted by atomic mass is 35.5. The van der Waals surface area contributed by atoms with Crippen LogP contribution in [0.5, 0.6) is 0 Å². The van der Waals surface area contributed by atoms with E-state index in [9.17, 15) is 14.0 Å². The van der Waals surface area contributed by atoms with E-state index in [1.807, 2.05) is 0 Å². The molecule has 0 aliphatic carbocycles. The molecular formula is C28H21ClFN7O3. The lowest BCUT2D eigenvalue weighted by Crippen LogP contribution is -2.34. The van der Waals surface area contributed by atoms with Crippen LogP contribution in [-0.4, -0.2) is 43.7 Å². The normalized spacial score (nSPS) is 16.1. The lowest BCUT2D eigenvalue weighted by molar-refractivity contribution is -0.119. The summed E-state index contributed by atoms with van der Waals surface area (Å²) < 4.78 is 20.8. The van der Waals surface area contributed by atoms with Crippen LogP contribution in [0.4, 0.5) is 16.0 Å². The highest BCUT2D eigenvalue weighted by Crippen LogP contribution is 2.44. The lowest BCUT2D eigenvalue weighted by atomic mass is 9.80. The summed E-state index contributed by atoms with van der Waals surface area (Å²) in [5.41, 5.74) is 7.58. The number of nitrogen functional groups attached to an aromatic ring is 1. The van der Waals surface area contributed by atoms with Crippen LogP contribution >= 0.6 is 11.6 Å². The Morgan fingerprint density at radius 3 is 2.70 bits per heavy atom. The Morgan fingerprint density at radius 2 is 1.98 bits per heavy atom. The molecule has 0 spiro atoms. The number of carbonyl (C=O) groups is 2. The Balaban J connectivity index is 1.45. The molecule has 0 bridgehead atoms. The molecule has 1 aliphatic rings. The summed E-state index contributed by atoms with van der Waals surface area (Å²) in [6.07, 6.45) is 1.34. The van der Waals surface area contributed by atoms with E-state index in [1.54, 1.807) is 54.1 Å². The van der Waals surface area contributed by atoms with Crippen molar-refractivity contribution in [2.75, 3.05) is 18.2 Å². The number of carbonyl (C=O) groups excluding carboxylic acids is 2. The van der Waals surface area contributed by atoms with Crippen molar-refractivity contribution in [1.29, 1.82) is 0 Å². The maximum absolute atomic E-state index is 14.4. The first-order valence-electron chi connectivity index (χ1n) is 12.1. The summed E-state index contributed by atoms with van der Waals surface area (Å²) in [5, 5.41) is 8.64. The van der Waals surface area contributed by atoms with Crippen LogP contribution in [0.3, 0.4) is 0 Å². The van der Waals surface area contributed by atoms with Gasteiger partial charge in [0.1, 0.15) is 28.6 Å². The van der Waals surface area contributed by atoms with Gasteiger partial charge in [0.15, 0.2) is 5.82 Å². The van der Waals surface area contributed by atoms with Gasteiger partial charge in [0.25, 0.3) is 0 Å². The van der Waals surface area contributed by atoms with Gasteiger partial charge in [-0.25, -0.2) is 19.2 Å². The number of hydrogen-bond donors (Lipinski definition) is 2. The predicted molar refractivity (Wildman–Crippen MR) is 146 cm³/mol. The van der Waals surface area contributed by atoms with Crippen molar-refractivity contribution in [3.63, 3.8) is 0 Å². The fourth-order valence-corrected chi connectivity index (χ4v) is 5.07. The molecule has 12 heteroatoms. The Labute approximate surface area is 232 Å². The van der Waals surface area contributed by atoms with Gasteiger partial charge < -0.3 is 15.8 Å². The zero-order valence-electron chi connectivity index (χ0n) is 21.3. The number of rotatable bonds is 5. The number of nitrogens with one attached hydrogen (secondary N) is 1. The molecule has 4 heterocycles. The Hall–Kier alpha value is -4.90. The number of nitrogens with two attached hydrogens (primary N) is 1. The molecule has 6 rings (SSSR count). The van der Waals surface area contributed by atoms with E-state index in [0.29, 0.717) is 38.4 Å². The first kappa shape index (κ1) is 25.4. The fourth-order valence-electron chi connectivity index (χ4n) is 4.91. The quantitative estimate of drug-likeness (QED) is 0.304. The van der Waals surface area contributed by atoms with Gasteiger partial charge in [-0.15, -0.1) is 0 Å². The van der Waals surface area contributed by atoms with Gasteiger partial charge in [0.05, 0.1) is 36.0 Å². The zero-order valence-corrected chi connectivity index (χ0v) is 22.0. The predicted octanol–water partition coefficient (Wildman–Crippen LogP) is 4.36. The Morgan fingerprint density at radius 1 is 1.18 bits per heavy atom. The second kappa shape index (κ2) is 9.38. The first-order valence-corrected chi connectivity index (χ1v) is 12.5. The van der Waals surface area contributed by atoms with E-state index in [0.717, 1.165) is 0 Å². The number of hydrogen-bond acceptors (Lipinski definition) is 8. The standard InChI is InChI=1S/C28H21ClFN7O3/c1-28(20-10-7-14(12-32-20)26(38)40-2)21-23(31)33-25(34-24(21)35-27(28)39)22-17-9-8-16(29)11-19(17)37(36-22)13-15-5-3-4-6-18(15)30/h3-12H,13H2,1-2H3,(H3,31,33,34,35,39). The smallest absolute Gasteiger partial charge is 0.339 e. The highest BCUT2D eigenvalue weighted by molar-refractivity contribution is 6.31. The lowest BCUT2D eigenvalue weighted by Gasteiger charge is -2.22. The van der Waals surface area contributed by atoms with Crippen molar-refractivity contribution in [2.24, 2.45) is 0 Å². The summed E-state index contributed by atoms with van der Waals surface area (Å²) in [7, 11) is 1.27. The molecule has 1 amide bonds. The van der Waals surface area contributed by atoms with Crippen LogP contribution in [0.15, 0.2) is 60.8 Å². The average Bonchev–Trinajstić information content (AvgIpc) is 3.43. The highest BCUT2D eigenvalue weighted by Gasteiger charge is 2.48. The van der Waals surface area contributed by atoms with Crippen LogP contribution in [0.1, 0.15) is 34.1 Å². The van der Waals surface area contributed by atoms with Crippen molar-refractivity contribution in [1.82, 2.24) is 24.7 Å². The molecule has 0 saturated carbocycles. The van der Waals surface area contributed by atoms with Crippen molar-refractivity contribution in [3.8, 4) is 11.5 Å².